The molecule has 0 N–H and O–H groups in total. The van der Waals surface area contributed by atoms with Crippen molar-refractivity contribution in [1.82, 2.24) is 4.57 Å². The Morgan fingerprint density at radius 2 is 0.873 bits per heavy atom. The Labute approximate surface area is 370 Å². The molecule has 0 saturated heterocycles. The predicted octanol–water partition coefficient (Wildman–Crippen LogP) is 17.3. The van der Waals surface area contributed by atoms with Crippen LogP contribution in [0.1, 0.15) is 0 Å². The van der Waals surface area contributed by atoms with Gasteiger partial charge in [-0.2, -0.15) is 0 Å². The number of thiophene rings is 1. The van der Waals surface area contributed by atoms with Crippen LogP contribution in [-0.4, -0.2) is 4.57 Å². The lowest BCUT2D eigenvalue weighted by molar-refractivity contribution is 1.18. The summed E-state index contributed by atoms with van der Waals surface area (Å²) in [6.45, 7) is 0. The first-order valence-electron chi connectivity index (χ1n) is 21.5. The Hall–Kier alpha value is -7.98. The van der Waals surface area contributed by atoms with E-state index in [1.54, 1.807) is 0 Å². The highest BCUT2D eigenvalue weighted by atomic mass is 32.1. The van der Waals surface area contributed by atoms with Gasteiger partial charge in [0.05, 0.1) is 16.7 Å². The zero-order valence-electron chi connectivity index (χ0n) is 34.4. The van der Waals surface area contributed by atoms with Crippen molar-refractivity contribution in [1.29, 1.82) is 0 Å². The van der Waals surface area contributed by atoms with E-state index in [0.717, 1.165) is 28.3 Å². The summed E-state index contributed by atoms with van der Waals surface area (Å²) in [7, 11) is 0. The number of aromatic nitrogens is 1. The molecule has 12 rings (SSSR count). The van der Waals surface area contributed by atoms with E-state index < -0.39 is 0 Å². The van der Waals surface area contributed by atoms with Gasteiger partial charge >= 0.3 is 0 Å². The Morgan fingerprint density at radius 3 is 1.65 bits per heavy atom. The summed E-state index contributed by atoms with van der Waals surface area (Å²) in [6, 6.07) is 88.5. The van der Waals surface area contributed by atoms with Gasteiger partial charge in [0, 0.05) is 53.6 Å². The summed E-state index contributed by atoms with van der Waals surface area (Å²) < 4.78 is 5.03. The van der Waals surface area contributed by atoms with Gasteiger partial charge in [-0.25, -0.2) is 0 Å². The highest BCUT2D eigenvalue weighted by Gasteiger charge is 2.24. The van der Waals surface area contributed by atoms with Crippen molar-refractivity contribution in [3.8, 4) is 50.2 Å². The van der Waals surface area contributed by atoms with Gasteiger partial charge in [-0.1, -0.05) is 182 Å². The van der Waals surface area contributed by atoms with E-state index in [-0.39, 0.29) is 0 Å². The number of anilines is 3. The lowest BCUT2D eigenvalue weighted by atomic mass is 9.87. The molecule has 2 aromatic heterocycles. The van der Waals surface area contributed by atoms with Gasteiger partial charge in [0.15, 0.2) is 0 Å². The molecular formula is C60H40N2S. The first-order valence-corrected chi connectivity index (χ1v) is 22.3. The Bertz CT molecular complexity index is 3600. The largest absolute Gasteiger partial charge is 0.310 e. The van der Waals surface area contributed by atoms with Crippen molar-refractivity contribution < 1.29 is 0 Å². The molecule has 3 heteroatoms. The van der Waals surface area contributed by atoms with Gasteiger partial charge in [0.2, 0.25) is 0 Å². The Morgan fingerprint density at radius 1 is 0.333 bits per heavy atom. The normalized spacial score (nSPS) is 11.5. The van der Waals surface area contributed by atoms with Crippen LogP contribution in [0.25, 0.3) is 92.2 Å². The minimum atomic E-state index is 1.07. The van der Waals surface area contributed by atoms with E-state index in [1.807, 2.05) is 11.3 Å². The fourth-order valence-corrected chi connectivity index (χ4v) is 10.8. The average molecular weight is 821 g/mol. The molecule has 0 saturated carbocycles. The summed E-state index contributed by atoms with van der Waals surface area (Å²) in [6.07, 6.45) is 0. The SMILES string of the molecule is c1ccc(-c2ccccc2-c2c(-c3ccccc3)cccc2N(c2ccc(-c3cccc4sc5ccccc5c34)cc2)c2ccc3c4ccccc4n(-c4ccccc4)c3c2)cc1. The number of hydrogen-bond acceptors (Lipinski definition) is 2. The van der Waals surface area contributed by atoms with Gasteiger partial charge in [-0.15, -0.1) is 11.3 Å². The summed E-state index contributed by atoms with van der Waals surface area (Å²) in [5, 5.41) is 5.08. The average Bonchev–Trinajstić information content (AvgIpc) is 3.91. The summed E-state index contributed by atoms with van der Waals surface area (Å²) in [5.41, 5.74) is 16.2. The lowest BCUT2D eigenvalue weighted by Crippen LogP contribution is -2.12. The first-order chi connectivity index (χ1) is 31.3. The molecular weight excluding hydrogens is 781 g/mol. The Balaban J connectivity index is 1.13. The van der Waals surface area contributed by atoms with E-state index in [9.17, 15) is 0 Å². The van der Waals surface area contributed by atoms with E-state index in [2.05, 4.69) is 252 Å². The standard InChI is InChI=1S/C60H40N2S/c1-4-18-41(19-5-1)47-24-10-11-26-52(47)59-48(42-20-6-2-7-21-42)28-16-31-55(59)61(45-36-34-43(35-37-45)49-29-17-33-58-60(49)53-27-13-15-32-57(53)63-58)46-38-39-51-50-25-12-14-30-54(50)62(56(51)40-46)44-22-8-3-9-23-44/h1-40H. The third kappa shape index (κ3) is 6.33. The second-order valence-electron chi connectivity index (χ2n) is 16.0. The van der Waals surface area contributed by atoms with Gasteiger partial charge in [0.25, 0.3) is 0 Å². The molecule has 0 bridgehead atoms. The maximum atomic E-state index is 2.47. The topological polar surface area (TPSA) is 8.17 Å². The van der Waals surface area contributed by atoms with Crippen molar-refractivity contribution >= 4 is 70.4 Å². The van der Waals surface area contributed by atoms with Gasteiger partial charge in [0.1, 0.15) is 0 Å². The third-order valence-corrected chi connectivity index (χ3v) is 13.6. The number of hydrogen-bond donors (Lipinski definition) is 0. The van der Waals surface area contributed by atoms with Gasteiger partial charge < -0.3 is 9.47 Å². The lowest BCUT2D eigenvalue weighted by Gasteiger charge is -2.30. The number of para-hydroxylation sites is 2. The van der Waals surface area contributed by atoms with Crippen molar-refractivity contribution in [2.75, 3.05) is 4.90 Å². The number of nitrogens with zero attached hydrogens (tertiary/aromatic N) is 2. The molecule has 0 spiro atoms. The molecule has 2 nitrogen and oxygen atoms in total. The van der Waals surface area contributed by atoms with Crippen LogP contribution in [0, 0.1) is 0 Å². The van der Waals surface area contributed by atoms with E-state index in [4.69, 9.17) is 0 Å². The first kappa shape index (κ1) is 36.8. The highest BCUT2D eigenvalue weighted by molar-refractivity contribution is 7.25. The second kappa shape index (κ2) is 15.5. The van der Waals surface area contributed by atoms with Crippen LogP contribution in [-0.2, 0) is 0 Å². The van der Waals surface area contributed by atoms with E-state index >= 15 is 0 Å². The summed E-state index contributed by atoms with van der Waals surface area (Å²) in [5.74, 6) is 0. The minimum Gasteiger partial charge on any atom is -0.310 e. The van der Waals surface area contributed by atoms with Crippen LogP contribution in [0.2, 0.25) is 0 Å². The van der Waals surface area contributed by atoms with Crippen LogP contribution in [0.3, 0.4) is 0 Å². The van der Waals surface area contributed by atoms with Crippen molar-refractivity contribution in [2.24, 2.45) is 0 Å². The highest BCUT2D eigenvalue weighted by Crippen LogP contribution is 2.49. The molecule has 0 atom stereocenters. The summed E-state index contributed by atoms with van der Waals surface area (Å²) in [4.78, 5) is 2.47. The van der Waals surface area contributed by atoms with E-state index in [1.165, 1.54) is 81.0 Å². The minimum absolute atomic E-state index is 1.07. The molecule has 296 valence electrons. The number of benzene rings is 10. The van der Waals surface area contributed by atoms with Crippen molar-refractivity contribution in [3.63, 3.8) is 0 Å². The van der Waals surface area contributed by atoms with Crippen LogP contribution >= 0.6 is 11.3 Å². The molecule has 2 heterocycles. The summed E-state index contributed by atoms with van der Waals surface area (Å²) >= 11 is 1.86. The Kier molecular flexibility index (Phi) is 9.06. The maximum absolute atomic E-state index is 2.47. The van der Waals surface area contributed by atoms with Crippen LogP contribution in [0.5, 0.6) is 0 Å². The maximum Gasteiger partial charge on any atom is 0.0561 e. The van der Waals surface area contributed by atoms with Gasteiger partial charge in [-0.05, 0) is 99.6 Å². The smallest absolute Gasteiger partial charge is 0.0561 e. The van der Waals surface area contributed by atoms with Crippen LogP contribution in [0.4, 0.5) is 17.1 Å². The van der Waals surface area contributed by atoms with Gasteiger partial charge in [-0.3, -0.25) is 0 Å². The fraction of sp³-hybridized carbons (Fsp3) is 0. The predicted molar refractivity (Wildman–Crippen MR) is 270 cm³/mol. The zero-order valence-corrected chi connectivity index (χ0v) is 35.2. The molecule has 0 aliphatic carbocycles. The second-order valence-corrected chi connectivity index (χ2v) is 17.1. The quantitative estimate of drug-likeness (QED) is 0.148. The molecule has 0 aliphatic rings. The number of fused-ring (bicyclic) bond motifs is 6. The van der Waals surface area contributed by atoms with Crippen molar-refractivity contribution in [3.05, 3.63) is 243 Å². The van der Waals surface area contributed by atoms with Crippen molar-refractivity contribution in [2.45, 2.75) is 0 Å². The van der Waals surface area contributed by atoms with Crippen LogP contribution in [0.15, 0.2) is 243 Å². The van der Waals surface area contributed by atoms with E-state index in [0.29, 0.717) is 0 Å². The molecule has 63 heavy (non-hydrogen) atoms. The molecule has 0 radical (unpaired) electrons. The van der Waals surface area contributed by atoms with Crippen LogP contribution < -0.4 is 4.90 Å². The molecule has 12 aromatic rings. The fourth-order valence-electron chi connectivity index (χ4n) is 9.62. The molecule has 0 amide bonds. The molecule has 0 fully saturated rings. The molecule has 0 aliphatic heterocycles. The molecule has 0 unspecified atom stereocenters. The zero-order chi connectivity index (χ0) is 41.7. The molecule has 10 aromatic carbocycles. The monoisotopic (exact) mass is 820 g/mol. The third-order valence-electron chi connectivity index (χ3n) is 12.4. The number of rotatable bonds is 8.